The summed E-state index contributed by atoms with van der Waals surface area (Å²) in [4.78, 5) is 6.69. The van der Waals surface area contributed by atoms with E-state index in [1.54, 1.807) is 0 Å². The largest absolute Gasteiger partial charge is 0.338 e. The summed E-state index contributed by atoms with van der Waals surface area (Å²) < 4.78 is 5.32. The molecule has 100 valence electrons. The van der Waals surface area contributed by atoms with Crippen molar-refractivity contribution in [3.05, 3.63) is 47.6 Å². The minimum Gasteiger partial charge on any atom is -0.338 e. The van der Waals surface area contributed by atoms with Gasteiger partial charge in [-0.3, -0.25) is 4.90 Å². The van der Waals surface area contributed by atoms with Crippen molar-refractivity contribution in [2.75, 3.05) is 7.05 Å². The fourth-order valence-electron chi connectivity index (χ4n) is 2.18. The zero-order valence-corrected chi connectivity index (χ0v) is 11.4. The molecule has 0 spiro atoms. The van der Waals surface area contributed by atoms with Gasteiger partial charge in [0.25, 0.3) is 0 Å². The highest BCUT2D eigenvalue weighted by molar-refractivity contribution is 5.18. The van der Waals surface area contributed by atoms with Crippen molar-refractivity contribution < 1.29 is 4.52 Å². The van der Waals surface area contributed by atoms with Gasteiger partial charge in [-0.2, -0.15) is 4.98 Å². The van der Waals surface area contributed by atoms with Crippen molar-refractivity contribution >= 4 is 0 Å². The molecule has 0 radical (unpaired) electrons. The smallest absolute Gasteiger partial charge is 0.240 e. The highest BCUT2D eigenvalue weighted by atomic mass is 16.5. The third kappa shape index (κ3) is 2.84. The zero-order chi connectivity index (χ0) is 13.2. The summed E-state index contributed by atoms with van der Waals surface area (Å²) >= 11 is 0. The molecule has 0 saturated heterocycles. The van der Waals surface area contributed by atoms with Crippen LogP contribution in [0.3, 0.4) is 0 Å². The average Bonchev–Trinajstić information content (AvgIpc) is 3.20. The first-order valence-corrected chi connectivity index (χ1v) is 6.81. The van der Waals surface area contributed by atoms with Gasteiger partial charge >= 0.3 is 0 Å². The Morgan fingerprint density at radius 3 is 2.74 bits per heavy atom. The summed E-state index contributed by atoms with van der Waals surface area (Å²) in [6.45, 7) is 2.88. The summed E-state index contributed by atoms with van der Waals surface area (Å²) in [5.74, 6) is 2.15. The summed E-state index contributed by atoms with van der Waals surface area (Å²) in [5, 5.41) is 4.05. The van der Waals surface area contributed by atoms with E-state index in [-0.39, 0.29) is 0 Å². The Balaban J connectivity index is 1.64. The highest BCUT2D eigenvalue weighted by Gasteiger charge is 2.29. The maximum atomic E-state index is 5.32. The number of benzene rings is 1. The molecule has 1 saturated carbocycles. The van der Waals surface area contributed by atoms with Gasteiger partial charge in [0.05, 0.1) is 6.54 Å². The molecule has 1 heterocycles. The van der Waals surface area contributed by atoms with E-state index < -0.39 is 0 Å². The van der Waals surface area contributed by atoms with Gasteiger partial charge in [-0.05, 0) is 32.4 Å². The predicted octanol–water partition coefficient (Wildman–Crippen LogP) is 3.14. The van der Waals surface area contributed by atoms with E-state index in [9.17, 15) is 0 Å². The first-order chi connectivity index (χ1) is 9.24. The Bertz CT molecular complexity index is 533. The van der Waals surface area contributed by atoms with E-state index in [2.05, 4.69) is 53.3 Å². The monoisotopic (exact) mass is 257 g/mol. The SMILES string of the molecule is CC(c1ccccc1)N(C)Cc1nc(C2CC2)no1. The van der Waals surface area contributed by atoms with Gasteiger partial charge in [-0.25, -0.2) is 0 Å². The Morgan fingerprint density at radius 1 is 1.32 bits per heavy atom. The number of aromatic nitrogens is 2. The fraction of sp³-hybridized carbons (Fsp3) is 0.467. The van der Waals surface area contributed by atoms with E-state index in [0.29, 0.717) is 24.4 Å². The Kier molecular flexibility index (Phi) is 3.34. The third-order valence-corrected chi connectivity index (χ3v) is 3.75. The Labute approximate surface area is 113 Å². The lowest BCUT2D eigenvalue weighted by Gasteiger charge is -2.23. The Morgan fingerprint density at radius 2 is 2.05 bits per heavy atom. The normalized spacial score (nSPS) is 16.8. The molecule has 4 nitrogen and oxygen atoms in total. The molecule has 0 aliphatic heterocycles. The lowest BCUT2D eigenvalue weighted by atomic mass is 10.1. The van der Waals surface area contributed by atoms with E-state index in [4.69, 9.17) is 4.52 Å². The number of nitrogens with zero attached hydrogens (tertiary/aromatic N) is 3. The second-order valence-corrected chi connectivity index (χ2v) is 5.32. The van der Waals surface area contributed by atoms with Crippen LogP contribution in [0, 0.1) is 0 Å². The van der Waals surface area contributed by atoms with Gasteiger partial charge < -0.3 is 4.52 Å². The lowest BCUT2D eigenvalue weighted by molar-refractivity contribution is 0.216. The second kappa shape index (κ2) is 5.13. The molecule has 4 heteroatoms. The van der Waals surface area contributed by atoms with Gasteiger partial charge in [0.15, 0.2) is 5.82 Å². The van der Waals surface area contributed by atoms with Crippen LogP contribution in [0.1, 0.15) is 49.0 Å². The van der Waals surface area contributed by atoms with Crippen LogP contribution >= 0.6 is 0 Å². The molecule has 1 fully saturated rings. The molecule has 3 rings (SSSR count). The minimum absolute atomic E-state index is 0.331. The minimum atomic E-state index is 0.331. The molecule has 0 bridgehead atoms. The molecule has 1 aromatic carbocycles. The highest BCUT2D eigenvalue weighted by Crippen LogP contribution is 2.38. The fourth-order valence-corrected chi connectivity index (χ4v) is 2.18. The van der Waals surface area contributed by atoms with Crippen molar-refractivity contribution in [3.8, 4) is 0 Å². The standard InChI is InChI=1S/C15H19N3O/c1-11(12-6-4-3-5-7-12)18(2)10-14-16-15(17-19-14)13-8-9-13/h3-7,11,13H,8-10H2,1-2H3. The van der Waals surface area contributed by atoms with E-state index in [0.717, 1.165) is 5.82 Å². The van der Waals surface area contributed by atoms with Crippen LogP contribution in [-0.4, -0.2) is 22.1 Å². The molecule has 0 amide bonds. The molecular formula is C15H19N3O. The predicted molar refractivity (Wildman–Crippen MR) is 72.6 cm³/mol. The van der Waals surface area contributed by atoms with Crippen molar-refractivity contribution in [1.82, 2.24) is 15.0 Å². The van der Waals surface area contributed by atoms with Crippen molar-refractivity contribution in [2.24, 2.45) is 0 Å². The zero-order valence-electron chi connectivity index (χ0n) is 11.4. The molecule has 1 aliphatic rings. The molecule has 2 aromatic rings. The molecule has 1 aromatic heterocycles. The van der Waals surface area contributed by atoms with Crippen LogP contribution in [0.2, 0.25) is 0 Å². The second-order valence-electron chi connectivity index (χ2n) is 5.32. The van der Waals surface area contributed by atoms with Crippen LogP contribution in [-0.2, 0) is 6.54 Å². The first kappa shape index (κ1) is 12.4. The van der Waals surface area contributed by atoms with Crippen LogP contribution in [0.15, 0.2) is 34.9 Å². The maximum absolute atomic E-state index is 5.32. The van der Waals surface area contributed by atoms with Gasteiger partial charge in [0, 0.05) is 12.0 Å². The first-order valence-electron chi connectivity index (χ1n) is 6.81. The van der Waals surface area contributed by atoms with E-state index >= 15 is 0 Å². The number of hydrogen-bond donors (Lipinski definition) is 0. The van der Waals surface area contributed by atoms with Gasteiger partial charge in [0.2, 0.25) is 5.89 Å². The molecule has 19 heavy (non-hydrogen) atoms. The maximum Gasteiger partial charge on any atom is 0.240 e. The summed E-state index contributed by atoms with van der Waals surface area (Å²) in [6, 6.07) is 10.8. The molecule has 1 atom stereocenters. The van der Waals surface area contributed by atoms with Gasteiger partial charge in [0.1, 0.15) is 0 Å². The third-order valence-electron chi connectivity index (χ3n) is 3.75. The topological polar surface area (TPSA) is 42.2 Å². The number of hydrogen-bond acceptors (Lipinski definition) is 4. The van der Waals surface area contributed by atoms with Crippen LogP contribution in [0.4, 0.5) is 0 Å². The van der Waals surface area contributed by atoms with Crippen LogP contribution in [0.5, 0.6) is 0 Å². The average molecular weight is 257 g/mol. The van der Waals surface area contributed by atoms with Crippen molar-refractivity contribution in [1.29, 1.82) is 0 Å². The van der Waals surface area contributed by atoms with Crippen molar-refractivity contribution in [2.45, 2.75) is 38.3 Å². The van der Waals surface area contributed by atoms with E-state index in [1.807, 2.05) is 6.07 Å². The Hall–Kier alpha value is -1.68. The van der Waals surface area contributed by atoms with Crippen LogP contribution in [0.25, 0.3) is 0 Å². The van der Waals surface area contributed by atoms with Crippen molar-refractivity contribution in [3.63, 3.8) is 0 Å². The van der Waals surface area contributed by atoms with Gasteiger partial charge in [-0.15, -0.1) is 0 Å². The van der Waals surface area contributed by atoms with Gasteiger partial charge in [-0.1, -0.05) is 35.5 Å². The number of rotatable bonds is 5. The summed E-state index contributed by atoms with van der Waals surface area (Å²) in [5.41, 5.74) is 1.30. The molecule has 0 N–H and O–H groups in total. The van der Waals surface area contributed by atoms with E-state index in [1.165, 1.54) is 18.4 Å². The van der Waals surface area contributed by atoms with Crippen LogP contribution < -0.4 is 0 Å². The molecule has 1 aliphatic carbocycles. The molecule has 1 unspecified atom stereocenters. The quantitative estimate of drug-likeness (QED) is 0.825. The lowest BCUT2D eigenvalue weighted by Crippen LogP contribution is -2.22. The summed E-state index contributed by atoms with van der Waals surface area (Å²) in [7, 11) is 2.08. The summed E-state index contributed by atoms with van der Waals surface area (Å²) in [6.07, 6.45) is 2.41. The molecular weight excluding hydrogens is 238 g/mol.